The van der Waals surface area contributed by atoms with Crippen LogP contribution in [0.4, 0.5) is 0 Å². The second kappa shape index (κ2) is 7.93. The van der Waals surface area contributed by atoms with Gasteiger partial charge in [-0.1, -0.05) is 49.2 Å². The van der Waals surface area contributed by atoms with Gasteiger partial charge in [0.25, 0.3) is 0 Å². The number of methoxy groups -OCH3 is 1. The van der Waals surface area contributed by atoms with E-state index in [-0.39, 0.29) is 11.2 Å². The molecule has 0 N–H and O–H groups in total. The van der Waals surface area contributed by atoms with E-state index >= 15 is 0 Å². The van der Waals surface area contributed by atoms with Crippen molar-refractivity contribution in [1.82, 2.24) is 20.2 Å². The van der Waals surface area contributed by atoms with Gasteiger partial charge in [-0.15, -0.1) is 5.10 Å². The number of rotatable bonds is 7. The number of aryl methyl sites for hydroxylation is 1. The molecule has 118 valence electrons. The van der Waals surface area contributed by atoms with Gasteiger partial charge in [0.2, 0.25) is 5.16 Å². The fourth-order valence-electron chi connectivity index (χ4n) is 1.97. The molecule has 2 rings (SSSR count). The number of nitrogens with zero attached hydrogens (tertiary/aromatic N) is 4. The fourth-order valence-corrected chi connectivity index (χ4v) is 3.03. The molecule has 0 aliphatic carbocycles. The molecule has 0 bridgehead atoms. The molecule has 1 heterocycles. The minimum atomic E-state index is -0.292. The zero-order valence-electron chi connectivity index (χ0n) is 13.0. The van der Waals surface area contributed by atoms with Gasteiger partial charge < -0.3 is 4.74 Å². The molecule has 1 aromatic carbocycles. The van der Waals surface area contributed by atoms with Gasteiger partial charge in [-0.05, 0) is 35.9 Å². The summed E-state index contributed by atoms with van der Waals surface area (Å²) in [6.45, 7) is 4.12. The van der Waals surface area contributed by atoms with Crippen LogP contribution in [0.5, 0.6) is 0 Å². The van der Waals surface area contributed by atoms with E-state index in [2.05, 4.69) is 22.4 Å². The largest absolute Gasteiger partial charge is 0.468 e. The molecule has 0 aliphatic heterocycles. The van der Waals surface area contributed by atoms with Crippen molar-refractivity contribution in [3.8, 4) is 5.69 Å². The average Bonchev–Trinajstić information content (AvgIpc) is 2.99. The molecule has 0 fully saturated rings. The van der Waals surface area contributed by atoms with Gasteiger partial charge in [-0.3, -0.25) is 4.79 Å². The number of ether oxygens (including phenoxy) is 1. The number of aromatic nitrogens is 4. The van der Waals surface area contributed by atoms with Gasteiger partial charge in [0.1, 0.15) is 5.25 Å². The standard InChI is InChI=1S/C15H20N4O2S/c1-4-5-6-13(14(20)21-3)22-15-16-17-18-19(15)12-9-7-11(2)8-10-12/h7-10,13H,4-6H2,1-3H3. The van der Waals surface area contributed by atoms with Crippen molar-refractivity contribution in [2.75, 3.05) is 7.11 Å². The lowest BCUT2D eigenvalue weighted by Crippen LogP contribution is -2.19. The predicted octanol–water partition coefficient (Wildman–Crippen LogP) is 2.79. The third-order valence-electron chi connectivity index (χ3n) is 3.25. The molecule has 1 unspecified atom stereocenters. The van der Waals surface area contributed by atoms with Crippen molar-refractivity contribution in [3.63, 3.8) is 0 Å². The molecule has 0 saturated heterocycles. The summed E-state index contributed by atoms with van der Waals surface area (Å²) in [5.41, 5.74) is 2.04. The monoisotopic (exact) mass is 320 g/mol. The normalized spacial score (nSPS) is 12.1. The van der Waals surface area contributed by atoms with E-state index in [1.54, 1.807) is 4.68 Å². The van der Waals surface area contributed by atoms with E-state index in [4.69, 9.17) is 4.74 Å². The van der Waals surface area contributed by atoms with Crippen molar-refractivity contribution in [2.45, 2.75) is 43.5 Å². The first kappa shape index (κ1) is 16.5. The molecular formula is C15H20N4O2S. The van der Waals surface area contributed by atoms with Crippen LogP contribution >= 0.6 is 11.8 Å². The van der Waals surface area contributed by atoms with Gasteiger partial charge in [-0.2, -0.15) is 4.68 Å². The molecule has 1 aromatic heterocycles. The quantitative estimate of drug-likeness (QED) is 0.577. The van der Waals surface area contributed by atoms with Gasteiger partial charge in [0.05, 0.1) is 12.8 Å². The Morgan fingerprint density at radius 1 is 1.36 bits per heavy atom. The molecule has 0 amide bonds. The number of thioether (sulfide) groups is 1. The Morgan fingerprint density at radius 3 is 2.73 bits per heavy atom. The lowest BCUT2D eigenvalue weighted by Gasteiger charge is -2.13. The topological polar surface area (TPSA) is 69.9 Å². The second-order valence-corrected chi connectivity index (χ2v) is 6.15. The zero-order valence-corrected chi connectivity index (χ0v) is 13.8. The highest BCUT2D eigenvalue weighted by atomic mass is 32.2. The summed E-state index contributed by atoms with van der Waals surface area (Å²) in [5, 5.41) is 12.1. The highest BCUT2D eigenvalue weighted by molar-refractivity contribution is 8.00. The Labute approximate surface area is 134 Å². The number of carbonyl (C=O) groups is 1. The highest BCUT2D eigenvalue weighted by Crippen LogP contribution is 2.27. The average molecular weight is 320 g/mol. The van der Waals surface area contributed by atoms with Gasteiger partial charge >= 0.3 is 5.97 Å². The third kappa shape index (κ3) is 4.07. The smallest absolute Gasteiger partial charge is 0.319 e. The Morgan fingerprint density at radius 2 is 2.09 bits per heavy atom. The van der Waals surface area contributed by atoms with E-state index in [0.29, 0.717) is 5.16 Å². The highest BCUT2D eigenvalue weighted by Gasteiger charge is 2.23. The van der Waals surface area contributed by atoms with E-state index in [1.165, 1.54) is 24.4 Å². The first-order valence-electron chi connectivity index (χ1n) is 7.25. The minimum Gasteiger partial charge on any atom is -0.468 e. The summed E-state index contributed by atoms with van der Waals surface area (Å²) < 4.78 is 6.53. The Kier molecular flexibility index (Phi) is 5.94. The lowest BCUT2D eigenvalue weighted by atomic mass is 10.2. The first-order chi connectivity index (χ1) is 10.7. The van der Waals surface area contributed by atoms with E-state index in [9.17, 15) is 4.79 Å². The number of carbonyl (C=O) groups excluding carboxylic acids is 1. The molecule has 6 nitrogen and oxygen atoms in total. The SMILES string of the molecule is CCCCC(Sc1nnnn1-c1ccc(C)cc1)C(=O)OC. The summed E-state index contributed by atoms with van der Waals surface area (Å²) in [5.74, 6) is -0.239. The van der Waals surface area contributed by atoms with Crippen LogP contribution in [0.15, 0.2) is 29.4 Å². The van der Waals surface area contributed by atoms with Crippen LogP contribution in [0.3, 0.4) is 0 Å². The molecular weight excluding hydrogens is 300 g/mol. The summed E-state index contributed by atoms with van der Waals surface area (Å²) in [6.07, 6.45) is 2.73. The molecule has 0 aliphatic rings. The number of unbranched alkanes of at least 4 members (excludes halogenated alkanes) is 1. The molecule has 0 saturated carbocycles. The second-order valence-electron chi connectivity index (χ2n) is 4.98. The molecule has 22 heavy (non-hydrogen) atoms. The molecule has 0 radical (unpaired) electrons. The number of tetrazole rings is 1. The summed E-state index contributed by atoms with van der Waals surface area (Å²) in [7, 11) is 1.41. The summed E-state index contributed by atoms with van der Waals surface area (Å²) in [6, 6.07) is 7.91. The fraction of sp³-hybridized carbons (Fsp3) is 0.467. The maximum Gasteiger partial charge on any atom is 0.319 e. The number of hydrogen-bond acceptors (Lipinski definition) is 6. The zero-order chi connectivity index (χ0) is 15.9. The van der Waals surface area contributed by atoms with Crippen LogP contribution in [0.25, 0.3) is 5.69 Å². The summed E-state index contributed by atoms with van der Waals surface area (Å²) >= 11 is 1.35. The third-order valence-corrected chi connectivity index (χ3v) is 4.43. The van der Waals surface area contributed by atoms with Crippen LogP contribution in [0, 0.1) is 6.92 Å². The van der Waals surface area contributed by atoms with Crippen molar-refractivity contribution in [3.05, 3.63) is 29.8 Å². The van der Waals surface area contributed by atoms with E-state index < -0.39 is 0 Å². The van der Waals surface area contributed by atoms with Gasteiger partial charge in [0, 0.05) is 0 Å². The minimum absolute atomic E-state index is 0.239. The Bertz CT molecular complexity index is 612. The maximum absolute atomic E-state index is 11.9. The van der Waals surface area contributed by atoms with E-state index in [1.807, 2.05) is 31.2 Å². The first-order valence-corrected chi connectivity index (χ1v) is 8.13. The van der Waals surface area contributed by atoms with Crippen molar-refractivity contribution < 1.29 is 9.53 Å². The summed E-state index contributed by atoms with van der Waals surface area (Å²) in [4.78, 5) is 11.9. The van der Waals surface area contributed by atoms with Crippen LogP contribution in [0.1, 0.15) is 31.7 Å². The maximum atomic E-state index is 11.9. The van der Waals surface area contributed by atoms with Gasteiger partial charge in [0.15, 0.2) is 0 Å². The number of hydrogen-bond donors (Lipinski definition) is 0. The number of benzene rings is 1. The van der Waals surface area contributed by atoms with Crippen LogP contribution in [0.2, 0.25) is 0 Å². The number of esters is 1. The van der Waals surface area contributed by atoms with Crippen molar-refractivity contribution >= 4 is 17.7 Å². The van der Waals surface area contributed by atoms with E-state index in [0.717, 1.165) is 24.9 Å². The molecule has 2 aromatic rings. The molecule has 1 atom stereocenters. The molecule has 0 spiro atoms. The van der Waals surface area contributed by atoms with Crippen LogP contribution in [-0.2, 0) is 9.53 Å². The van der Waals surface area contributed by atoms with Crippen molar-refractivity contribution in [1.29, 1.82) is 0 Å². The van der Waals surface area contributed by atoms with Crippen LogP contribution < -0.4 is 0 Å². The van der Waals surface area contributed by atoms with Crippen LogP contribution in [-0.4, -0.2) is 38.5 Å². The van der Waals surface area contributed by atoms with Gasteiger partial charge in [-0.25, -0.2) is 0 Å². The molecule has 7 heteroatoms. The van der Waals surface area contributed by atoms with Crippen molar-refractivity contribution in [2.24, 2.45) is 0 Å². The lowest BCUT2D eigenvalue weighted by molar-refractivity contribution is -0.140. The Hall–Kier alpha value is -1.89. The Balaban J connectivity index is 2.20. The predicted molar refractivity (Wildman–Crippen MR) is 85.1 cm³/mol.